The maximum atomic E-state index is 5.42. The normalized spacial score (nSPS) is 21.3. The Morgan fingerprint density at radius 2 is 2.47 bits per heavy atom. The van der Waals surface area contributed by atoms with Gasteiger partial charge in [-0.3, -0.25) is 0 Å². The summed E-state index contributed by atoms with van der Waals surface area (Å²) in [5, 5.41) is 3.42. The number of aryl methyl sites for hydroxylation is 1. The number of pyridine rings is 1. The third-order valence-corrected chi connectivity index (χ3v) is 2.98. The summed E-state index contributed by atoms with van der Waals surface area (Å²) in [6.07, 6.45) is 4.11. The lowest BCUT2D eigenvalue weighted by molar-refractivity contribution is 0.0875. The van der Waals surface area contributed by atoms with Gasteiger partial charge in [0.05, 0.1) is 12.6 Å². The Bertz CT molecular complexity index is 337. The van der Waals surface area contributed by atoms with Crippen molar-refractivity contribution in [2.75, 3.05) is 18.5 Å². The summed E-state index contributed by atoms with van der Waals surface area (Å²) in [4.78, 5) is 4.36. The van der Waals surface area contributed by atoms with Crippen molar-refractivity contribution < 1.29 is 4.74 Å². The number of rotatable bonds is 2. The summed E-state index contributed by atoms with van der Waals surface area (Å²) in [5.74, 6) is 0.966. The molecule has 0 radical (unpaired) electrons. The Kier molecular flexibility index (Phi) is 3.59. The second kappa shape index (κ2) is 4.94. The lowest BCUT2D eigenvalue weighted by Gasteiger charge is -2.24. The van der Waals surface area contributed by atoms with Crippen LogP contribution in [0.25, 0.3) is 0 Å². The lowest BCUT2D eigenvalue weighted by Crippen LogP contribution is -2.30. The molecule has 1 saturated heterocycles. The van der Waals surface area contributed by atoms with Gasteiger partial charge in [-0.05, 0) is 47.3 Å². The number of aromatic nitrogens is 1. The number of hydrogen-bond acceptors (Lipinski definition) is 3. The molecule has 0 bridgehead atoms. The minimum Gasteiger partial charge on any atom is -0.379 e. The number of anilines is 1. The molecule has 2 heterocycles. The van der Waals surface area contributed by atoms with E-state index in [1.807, 2.05) is 6.20 Å². The third kappa shape index (κ3) is 2.92. The van der Waals surface area contributed by atoms with Crippen molar-refractivity contribution in [1.82, 2.24) is 4.98 Å². The average Bonchev–Trinajstić information content (AvgIpc) is 2.24. The molecule has 1 atom stereocenters. The van der Waals surface area contributed by atoms with Gasteiger partial charge in [-0.2, -0.15) is 0 Å². The number of ether oxygens (including phenoxy) is 1. The van der Waals surface area contributed by atoms with Crippen LogP contribution in [-0.2, 0) is 4.74 Å². The first-order valence-electron chi connectivity index (χ1n) is 5.22. The predicted molar refractivity (Wildman–Crippen MR) is 64.1 cm³/mol. The second-order valence-corrected chi connectivity index (χ2v) is 4.79. The van der Waals surface area contributed by atoms with Gasteiger partial charge in [0.2, 0.25) is 0 Å². The van der Waals surface area contributed by atoms with E-state index in [0.717, 1.165) is 41.9 Å². The van der Waals surface area contributed by atoms with Crippen LogP contribution < -0.4 is 5.32 Å². The fourth-order valence-electron chi connectivity index (χ4n) is 1.74. The molecule has 2 rings (SSSR count). The van der Waals surface area contributed by atoms with Gasteiger partial charge in [-0.1, -0.05) is 0 Å². The Morgan fingerprint density at radius 3 is 3.13 bits per heavy atom. The summed E-state index contributed by atoms with van der Waals surface area (Å²) in [7, 11) is 0. The van der Waals surface area contributed by atoms with Gasteiger partial charge in [-0.15, -0.1) is 0 Å². The van der Waals surface area contributed by atoms with E-state index < -0.39 is 0 Å². The van der Waals surface area contributed by atoms with Crippen LogP contribution in [-0.4, -0.2) is 24.2 Å². The number of nitrogens with one attached hydrogen (secondary N) is 1. The highest BCUT2D eigenvalue weighted by molar-refractivity contribution is 9.10. The van der Waals surface area contributed by atoms with Crippen LogP contribution in [0.4, 0.5) is 5.82 Å². The molecule has 1 aromatic rings. The Hall–Kier alpha value is -0.610. The minimum atomic E-state index is 0.408. The van der Waals surface area contributed by atoms with E-state index in [4.69, 9.17) is 4.74 Å². The molecule has 0 amide bonds. The average molecular weight is 271 g/mol. The molecule has 4 heteroatoms. The molecule has 82 valence electrons. The SMILES string of the molecule is Cc1cc(Br)cnc1NC1CCCOC1. The second-order valence-electron chi connectivity index (χ2n) is 3.88. The maximum Gasteiger partial charge on any atom is 0.129 e. The summed E-state index contributed by atoms with van der Waals surface area (Å²) in [6, 6.07) is 2.48. The molecule has 0 aromatic carbocycles. The van der Waals surface area contributed by atoms with E-state index in [-0.39, 0.29) is 0 Å². The van der Waals surface area contributed by atoms with Crippen molar-refractivity contribution in [3.05, 3.63) is 22.3 Å². The van der Waals surface area contributed by atoms with Crippen molar-refractivity contribution in [3.63, 3.8) is 0 Å². The standard InChI is InChI=1S/C11H15BrN2O/c1-8-5-9(12)6-13-11(8)14-10-3-2-4-15-7-10/h5-6,10H,2-4,7H2,1H3,(H,13,14). The van der Waals surface area contributed by atoms with E-state index in [9.17, 15) is 0 Å². The Labute approximate surface area is 98.4 Å². The van der Waals surface area contributed by atoms with Crippen LogP contribution in [0, 0.1) is 6.92 Å². The van der Waals surface area contributed by atoms with Gasteiger partial charge < -0.3 is 10.1 Å². The van der Waals surface area contributed by atoms with E-state index >= 15 is 0 Å². The van der Waals surface area contributed by atoms with E-state index in [1.54, 1.807) is 0 Å². The summed E-state index contributed by atoms with van der Waals surface area (Å²) >= 11 is 3.41. The zero-order chi connectivity index (χ0) is 10.7. The molecule has 1 fully saturated rings. The van der Waals surface area contributed by atoms with Crippen LogP contribution in [0.2, 0.25) is 0 Å². The molecule has 0 aliphatic carbocycles. The van der Waals surface area contributed by atoms with Crippen LogP contribution >= 0.6 is 15.9 Å². The van der Waals surface area contributed by atoms with E-state index in [0.29, 0.717) is 6.04 Å². The van der Waals surface area contributed by atoms with Crippen molar-refractivity contribution in [3.8, 4) is 0 Å². The molecule has 1 N–H and O–H groups in total. The summed E-state index contributed by atoms with van der Waals surface area (Å²) in [5.41, 5.74) is 1.16. The fourth-order valence-corrected chi connectivity index (χ4v) is 2.19. The van der Waals surface area contributed by atoms with Gasteiger partial charge in [0.1, 0.15) is 5.82 Å². The first kappa shape index (κ1) is 10.9. The van der Waals surface area contributed by atoms with Crippen LogP contribution in [0.15, 0.2) is 16.7 Å². The lowest BCUT2D eigenvalue weighted by atomic mass is 10.1. The number of hydrogen-bond donors (Lipinski definition) is 1. The quantitative estimate of drug-likeness (QED) is 0.898. The smallest absolute Gasteiger partial charge is 0.129 e. The highest BCUT2D eigenvalue weighted by atomic mass is 79.9. The molecule has 1 aliphatic heterocycles. The maximum absolute atomic E-state index is 5.42. The zero-order valence-corrected chi connectivity index (χ0v) is 10.4. The monoisotopic (exact) mass is 270 g/mol. The topological polar surface area (TPSA) is 34.2 Å². The van der Waals surface area contributed by atoms with Crippen LogP contribution in [0.1, 0.15) is 18.4 Å². The van der Waals surface area contributed by atoms with E-state index in [1.165, 1.54) is 0 Å². The molecule has 15 heavy (non-hydrogen) atoms. The Morgan fingerprint density at radius 1 is 1.60 bits per heavy atom. The van der Waals surface area contributed by atoms with Gasteiger partial charge in [-0.25, -0.2) is 4.98 Å². The van der Waals surface area contributed by atoms with Gasteiger partial charge in [0.15, 0.2) is 0 Å². The predicted octanol–water partition coefficient (Wildman–Crippen LogP) is 2.74. The Balaban J connectivity index is 2.03. The first-order valence-corrected chi connectivity index (χ1v) is 6.01. The van der Waals surface area contributed by atoms with Crippen LogP contribution in [0.3, 0.4) is 0 Å². The molecular formula is C11H15BrN2O. The zero-order valence-electron chi connectivity index (χ0n) is 8.79. The first-order chi connectivity index (χ1) is 7.25. The highest BCUT2D eigenvalue weighted by Gasteiger charge is 2.14. The molecular weight excluding hydrogens is 256 g/mol. The van der Waals surface area contributed by atoms with Gasteiger partial charge >= 0.3 is 0 Å². The van der Waals surface area contributed by atoms with E-state index in [2.05, 4.69) is 39.2 Å². The fraction of sp³-hybridized carbons (Fsp3) is 0.545. The summed E-state index contributed by atoms with van der Waals surface area (Å²) in [6.45, 7) is 3.74. The molecule has 3 nitrogen and oxygen atoms in total. The molecule has 0 spiro atoms. The third-order valence-electron chi connectivity index (χ3n) is 2.55. The number of halogens is 1. The van der Waals surface area contributed by atoms with Gasteiger partial charge in [0.25, 0.3) is 0 Å². The van der Waals surface area contributed by atoms with Crippen molar-refractivity contribution in [2.45, 2.75) is 25.8 Å². The number of nitrogens with zero attached hydrogens (tertiary/aromatic N) is 1. The van der Waals surface area contributed by atoms with Gasteiger partial charge in [0, 0.05) is 17.3 Å². The molecule has 0 saturated carbocycles. The molecule has 1 unspecified atom stereocenters. The molecule has 1 aromatic heterocycles. The van der Waals surface area contributed by atoms with Crippen molar-refractivity contribution in [2.24, 2.45) is 0 Å². The highest BCUT2D eigenvalue weighted by Crippen LogP contribution is 2.19. The minimum absolute atomic E-state index is 0.408. The van der Waals surface area contributed by atoms with Crippen molar-refractivity contribution in [1.29, 1.82) is 0 Å². The van der Waals surface area contributed by atoms with Crippen molar-refractivity contribution >= 4 is 21.7 Å². The largest absolute Gasteiger partial charge is 0.379 e. The molecule has 1 aliphatic rings. The summed E-state index contributed by atoms with van der Waals surface area (Å²) < 4.78 is 6.44. The van der Waals surface area contributed by atoms with Crippen LogP contribution in [0.5, 0.6) is 0 Å².